The number of nitrogens with zero attached hydrogens (tertiary/aromatic N) is 1. The lowest BCUT2D eigenvalue weighted by atomic mass is 10.1. The molecule has 0 aliphatic heterocycles. The Morgan fingerprint density at radius 2 is 1.62 bits per heavy atom. The van der Waals surface area contributed by atoms with Crippen LogP contribution in [0.3, 0.4) is 0 Å². The second-order valence-corrected chi connectivity index (χ2v) is 4.91. The molecule has 0 spiro atoms. The molecule has 1 amide bonds. The fourth-order valence-corrected chi connectivity index (χ4v) is 2.49. The number of carbonyl (C=O) groups excluding carboxylic acids is 2. The minimum atomic E-state index is -0.539. The van der Waals surface area contributed by atoms with Gasteiger partial charge in [-0.15, -0.1) is 0 Å². The molecular formula is C17H14N2O2. The maximum atomic E-state index is 12.7. The second kappa shape index (κ2) is 4.90. The van der Waals surface area contributed by atoms with E-state index in [1.807, 2.05) is 37.3 Å². The van der Waals surface area contributed by atoms with Crippen LogP contribution in [-0.2, 0) is 0 Å². The number of aryl methyl sites for hydroxylation is 1. The SMILES string of the molecule is Cc1ccccc1C(=O)n1cc(C(N)=O)c2ccccc21. The lowest BCUT2D eigenvalue weighted by Crippen LogP contribution is -2.13. The van der Waals surface area contributed by atoms with Crippen molar-refractivity contribution in [2.24, 2.45) is 5.73 Å². The average Bonchev–Trinajstić information content (AvgIpc) is 2.87. The minimum Gasteiger partial charge on any atom is -0.366 e. The molecule has 0 unspecified atom stereocenters. The number of rotatable bonds is 2. The van der Waals surface area contributed by atoms with Gasteiger partial charge in [-0.3, -0.25) is 14.2 Å². The molecule has 0 aliphatic rings. The molecule has 104 valence electrons. The second-order valence-electron chi connectivity index (χ2n) is 4.91. The molecule has 0 fully saturated rings. The van der Waals surface area contributed by atoms with Crippen molar-refractivity contribution in [3.63, 3.8) is 0 Å². The zero-order chi connectivity index (χ0) is 15.0. The van der Waals surface area contributed by atoms with Gasteiger partial charge in [0.2, 0.25) is 0 Å². The van der Waals surface area contributed by atoms with E-state index in [0.717, 1.165) is 5.56 Å². The van der Waals surface area contributed by atoms with Crippen molar-refractivity contribution in [3.8, 4) is 0 Å². The molecule has 4 nitrogen and oxygen atoms in total. The van der Waals surface area contributed by atoms with Crippen molar-refractivity contribution in [2.75, 3.05) is 0 Å². The molecule has 1 heterocycles. The molecule has 0 bridgehead atoms. The summed E-state index contributed by atoms with van der Waals surface area (Å²) in [6.45, 7) is 1.88. The predicted molar refractivity (Wildman–Crippen MR) is 81.4 cm³/mol. The number of amides is 1. The highest BCUT2D eigenvalue weighted by atomic mass is 16.2. The summed E-state index contributed by atoms with van der Waals surface area (Å²) in [6.07, 6.45) is 1.52. The van der Waals surface area contributed by atoms with E-state index in [-0.39, 0.29) is 5.91 Å². The van der Waals surface area contributed by atoms with Crippen molar-refractivity contribution in [3.05, 3.63) is 71.4 Å². The summed E-state index contributed by atoms with van der Waals surface area (Å²) in [5.41, 5.74) is 7.93. The Balaban J connectivity index is 2.24. The van der Waals surface area contributed by atoms with E-state index in [9.17, 15) is 9.59 Å². The molecule has 3 rings (SSSR count). The fraction of sp³-hybridized carbons (Fsp3) is 0.0588. The van der Waals surface area contributed by atoms with E-state index < -0.39 is 5.91 Å². The quantitative estimate of drug-likeness (QED) is 0.783. The van der Waals surface area contributed by atoms with E-state index in [1.54, 1.807) is 18.2 Å². The Hall–Kier alpha value is -2.88. The van der Waals surface area contributed by atoms with Gasteiger partial charge in [-0.1, -0.05) is 36.4 Å². The average molecular weight is 278 g/mol. The zero-order valence-corrected chi connectivity index (χ0v) is 11.5. The molecule has 1 aromatic heterocycles. The van der Waals surface area contributed by atoms with Crippen LogP contribution in [0.4, 0.5) is 0 Å². The van der Waals surface area contributed by atoms with Crippen LogP contribution < -0.4 is 5.73 Å². The number of primary amides is 1. The molecule has 0 aliphatic carbocycles. The first kappa shape index (κ1) is 13.1. The fourth-order valence-electron chi connectivity index (χ4n) is 2.49. The summed E-state index contributed by atoms with van der Waals surface area (Å²) in [5.74, 6) is -0.709. The minimum absolute atomic E-state index is 0.170. The zero-order valence-electron chi connectivity index (χ0n) is 11.5. The van der Waals surface area contributed by atoms with Gasteiger partial charge < -0.3 is 5.73 Å². The topological polar surface area (TPSA) is 65.1 Å². The van der Waals surface area contributed by atoms with Crippen molar-refractivity contribution in [2.45, 2.75) is 6.92 Å². The van der Waals surface area contributed by atoms with Gasteiger partial charge in [0.25, 0.3) is 11.8 Å². The van der Waals surface area contributed by atoms with Gasteiger partial charge in [0.05, 0.1) is 11.1 Å². The molecule has 0 atom stereocenters. The first-order valence-corrected chi connectivity index (χ1v) is 6.60. The maximum Gasteiger partial charge on any atom is 0.262 e. The highest BCUT2D eigenvalue weighted by Gasteiger charge is 2.18. The van der Waals surface area contributed by atoms with Crippen molar-refractivity contribution >= 4 is 22.7 Å². The molecule has 0 radical (unpaired) electrons. The number of aromatic nitrogens is 1. The predicted octanol–water partition coefficient (Wildman–Crippen LogP) is 2.74. The molecule has 0 saturated heterocycles. The summed E-state index contributed by atoms with van der Waals surface area (Å²) in [7, 11) is 0. The van der Waals surface area contributed by atoms with Gasteiger partial charge in [0, 0.05) is 17.1 Å². The highest BCUT2D eigenvalue weighted by Crippen LogP contribution is 2.22. The Morgan fingerprint density at radius 3 is 2.33 bits per heavy atom. The van der Waals surface area contributed by atoms with Crippen molar-refractivity contribution in [1.82, 2.24) is 4.57 Å². The van der Waals surface area contributed by atoms with E-state index >= 15 is 0 Å². The van der Waals surface area contributed by atoms with Crippen LogP contribution in [0.2, 0.25) is 0 Å². The van der Waals surface area contributed by atoms with Crippen molar-refractivity contribution < 1.29 is 9.59 Å². The number of hydrogen-bond donors (Lipinski definition) is 1. The Kier molecular flexibility index (Phi) is 3.06. The van der Waals surface area contributed by atoms with E-state index in [4.69, 9.17) is 5.73 Å². The van der Waals surface area contributed by atoms with E-state index in [1.165, 1.54) is 10.8 Å². The highest BCUT2D eigenvalue weighted by molar-refractivity contribution is 6.11. The van der Waals surface area contributed by atoms with Crippen LogP contribution in [0.15, 0.2) is 54.7 Å². The normalized spacial score (nSPS) is 10.7. The smallest absolute Gasteiger partial charge is 0.262 e. The van der Waals surface area contributed by atoms with Crippen LogP contribution >= 0.6 is 0 Å². The van der Waals surface area contributed by atoms with Crippen LogP contribution in [-0.4, -0.2) is 16.4 Å². The van der Waals surface area contributed by atoms with Gasteiger partial charge in [-0.25, -0.2) is 0 Å². The van der Waals surface area contributed by atoms with Crippen LogP contribution in [0.5, 0.6) is 0 Å². The van der Waals surface area contributed by atoms with Crippen LogP contribution in [0, 0.1) is 6.92 Å². The number of benzene rings is 2. The summed E-state index contributed by atoms with van der Waals surface area (Å²) >= 11 is 0. The van der Waals surface area contributed by atoms with Gasteiger partial charge in [-0.05, 0) is 24.6 Å². The van der Waals surface area contributed by atoms with E-state index in [2.05, 4.69) is 0 Å². The Bertz CT molecular complexity index is 862. The number of nitrogens with two attached hydrogens (primary N) is 1. The largest absolute Gasteiger partial charge is 0.366 e. The molecule has 0 saturated carbocycles. The first-order valence-electron chi connectivity index (χ1n) is 6.60. The van der Waals surface area contributed by atoms with Crippen LogP contribution in [0.25, 0.3) is 10.9 Å². The number of fused-ring (bicyclic) bond motifs is 1. The summed E-state index contributed by atoms with van der Waals surface area (Å²) in [4.78, 5) is 24.3. The Morgan fingerprint density at radius 1 is 0.952 bits per heavy atom. The first-order chi connectivity index (χ1) is 10.1. The standard InChI is InChI=1S/C17H14N2O2/c1-11-6-2-3-7-12(11)17(21)19-10-14(16(18)20)13-8-4-5-9-15(13)19/h2-10H,1H3,(H2,18,20). The molecule has 3 aromatic rings. The molecule has 2 N–H and O–H groups in total. The molecule has 4 heteroatoms. The lowest BCUT2D eigenvalue weighted by molar-refractivity contribution is 0.0964. The third kappa shape index (κ3) is 2.10. The summed E-state index contributed by atoms with van der Waals surface area (Å²) in [6, 6.07) is 14.6. The third-order valence-electron chi connectivity index (χ3n) is 3.57. The molecule has 2 aromatic carbocycles. The lowest BCUT2D eigenvalue weighted by Gasteiger charge is -2.06. The van der Waals surface area contributed by atoms with Crippen molar-refractivity contribution in [1.29, 1.82) is 0 Å². The Labute approximate surface area is 121 Å². The number of para-hydroxylation sites is 1. The van der Waals surface area contributed by atoms with Gasteiger partial charge >= 0.3 is 0 Å². The summed E-state index contributed by atoms with van der Waals surface area (Å²) in [5, 5.41) is 0.687. The third-order valence-corrected chi connectivity index (χ3v) is 3.57. The maximum absolute atomic E-state index is 12.7. The van der Waals surface area contributed by atoms with Gasteiger partial charge in [-0.2, -0.15) is 0 Å². The monoisotopic (exact) mass is 278 g/mol. The number of carbonyl (C=O) groups is 2. The van der Waals surface area contributed by atoms with Gasteiger partial charge in [0.1, 0.15) is 0 Å². The van der Waals surface area contributed by atoms with Gasteiger partial charge in [0.15, 0.2) is 0 Å². The van der Waals surface area contributed by atoms with Crippen LogP contribution in [0.1, 0.15) is 26.3 Å². The molecular weight excluding hydrogens is 264 g/mol. The molecule has 21 heavy (non-hydrogen) atoms. The number of hydrogen-bond acceptors (Lipinski definition) is 2. The summed E-state index contributed by atoms with van der Waals surface area (Å²) < 4.78 is 1.48. The van der Waals surface area contributed by atoms with E-state index in [0.29, 0.717) is 22.0 Å².